The van der Waals surface area contributed by atoms with Crippen molar-refractivity contribution in [1.29, 1.82) is 0 Å². The van der Waals surface area contributed by atoms with Crippen molar-refractivity contribution in [2.75, 3.05) is 59.4 Å². The lowest BCUT2D eigenvalue weighted by molar-refractivity contribution is 0.0306. The molecule has 1 aliphatic heterocycles. The fraction of sp³-hybridized carbons (Fsp3) is 0.947. The van der Waals surface area contributed by atoms with Crippen molar-refractivity contribution in [3.63, 3.8) is 0 Å². The van der Waals surface area contributed by atoms with Gasteiger partial charge < -0.3 is 25.5 Å². The molecule has 6 nitrogen and oxygen atoms in total. The minimum absolute atomic E-state index is 0.471. The van der Waals surface area contributed by atoms with E-state index in [4.69, 9.17) is 0 Å². The van der Waals surface area contributed by atoms with Gasteiger partial charge in [0.1, 0.15) is 0 Å². The van der Waals surface area contributed by atoms with Crippen LogP contribution in [0.5, 0.6) is 0 Å². The van der Waals surface area contributed by atoms with Gasteiger partial charge in [-0.25, -0.2) is 0 Å². The van der Waals surface area contributed by atoms with Crippen LogP contribution in [0.2, 0.25) is 0 Å². The fourth-order valence-electron chi connectivity index (χ4n) is 3.44. The molecule has 1 aliphatic rings. The molecule has 25 heavy (non-hydrogen) atoms. The first-order chi connectivity index (χ1) is 12.0. The summed E-state index contributed by atoms with van der Waals surface area (Å²) in [6, 6.07) is 0. The van der Waals surface area contributed by atoms with Crippen molar-refractivity contribution < 1.29 is 5.11 Å². The first-order valence-electron chi connectivity index (χ1n) is 10.2. The third-order valence-electron chi connectivity index (χ3n) is 4.84. The maximum Gasteiger partial charge on any atom is 0.191 e. The number of guanidine groups is 1. The Morgan fingerprint density at radius 1 is 1.04 bits per heavy atom. The molecule has 0 atom stereocenters. The van der Waals surface area contributed by atoms with Crippen molar-refractivity contribution >= 4 is 5.96 Å². The quantitative estimate of drug-likeness (QED) is 0.410. The summed E-state index contributed by atoms with van der Waals surface area (Å²) >= 11 is 0. The highest BCUT2D eigenvalue weighted by Gasteiger charge is 2.24. The molecule has 1 rings (SSSR count). The highest BCUT2D eigenvalue weighted by Crippen LogP contribution is 2.19. The standard InChI is InChI=1S/C19H41N5O/c1-5-9-19(25,10-6-2)17-22-18(20-7-3)21-11-14-24-13-8-12-23(4)15-16-24/h25H,5-17H2,1-4H3,(H2,20,21,22). The summed E-state index contributed by atoms with van der Waals surface area (Å²) in [5.74, 6) is 0.820. The van der Waals surface area contributed by atoms with Crippen LogP contribution in [0.25, 0.3) is 0 Å². The van der Waals surface area contributed by atoms with Gasteiger partial charge >= 0.3 is 0 Å². The Hall–Kier alpha value is -0.850. The molecule has 0 spiro atoms. The second-order valence-corrected chi connectivity index (χ2v) is 7.34. The van der Waals surface area contributed by atoms with Crippen LogP contribution in [0.3, 0.4) is 0 Å². The zero-order chi connectivity index (χ0) is 18.5. The minimum Gasteiger partial charge on any atom is -0.388 e. The van der Waals surface area contributed by atoms with Gasteiger partial charge in [-0.3, -0.25) is 4.99 Å². The Balaban J connectivity index is 2.46. The number of hydrogen-bond donors (Lipinski definition) is 3. The molecule has 1 fully saturated rings. The van der Waals surface area contributed by atoms with Gasteiger partial charge in [0.05, 0.1) is 12.1 Å². The summed E-state index contributed by atoms with van der Waals surface area (Å²) in [7, 11) is 2.20. The molecule has 0 saturated carbocycles. The molecule has 148 valence electrons. The van der Waals surface area contributed by atoms with Crippen molar-refractivity contribution in [3.05, 3.63) is 0 Å². The first kappa shape index (κ1) is 22.2. The predicted molar refractivity (Wildman–Crippen MR) is 107 cm³/mol. The molecule has 6 heteroatoms. The summed E-state index contributed by atoms with van der Waals surface area (Å²) in [6.45, 7) is 14.2. The average molecular weight is 356 g/mol. The van der Waals surface area contributed by atoms with Crippen molar-refractivity contribution in [2.45, 2.75) is 58.5 Å². The van der Waals surface area contributed by atoms with Crippen LogP contribution in [0.15, 0.2) is 4.99 Å². The van der Waals surface area contributed by atoms with E-state index in [-0.39, 0.29) is 0 Å². The molecule has 1 heterocycles. The third kappa shape index (κ3) is 9.42. The van der Waals surface area contributed by atoms with Gasteiger partial charge in [0.2, 0.25) is 0 Å². The molecule has 0 aromatic rings. The minimum atomic E-state index is -0.665. The Bertz CT molecular complexity index is 369. The molecule has 0 aromatic heterocycles. The molecule has 0 amide bonds. The number of nitrogens with zero attached hydrogens (tertiary/aromatic N) is 3. The largest absolute Gasteiger partial charge is 0.388 e. The number of nitrogens with one attached hydrogen (secondary N) is 2. The van der Waals surface area contributed by atoms with E-state index in [1.807, 2.05) is 0 Å². The Labute approximate surface area is 155 Å². The van der Waals surface area contributed by atoms with E-state index in [0.29, 0.717) is 6.54 Å². The molecule has 0 unspecified atom stereocenters. The molecular weight excluding hydrogens is 314 g/mol. The fourth-order valence-corrected chi connectivity index (χ4v) is 3.44. The second-order valence-electron chi connectivity index (χ2n) is 7.34. The molecule has 0 aliphatic carbocycles. The van der Waals surface area contributed by atoms with Crippen molar-refractivity contribution in [1.82, 2.24) is 20.4 Å². The average Bonchev–Trinajstić information content (AvgIpc) is 2.78. The molecule has 0 bridgehead atoms. The number of hydrogen-bond acceptors (Lipinski definition) is 4. The molecule has 3 N–H and O–H groups in total. The summed E-state index contributed by atoms with van der Waals surface area (Å²) in [6.07, 6.45) is 4.83. The molecule has 0 radical (unpaired) electrons. The zero-order valence-electron chi connectivity index (χ0n) is 17.0. The van der Waals surface area contributed by atoms with Gasteiger partial charge in [0, 0.05) is 32.7 Å². The third-order valence-corrected chi connectivity index (χ3v) is 4.84. The SMILES string of the molecule is CCCC(O)(CCC)CN=C(NCC)NCCN1CCCN(C)CC1. The van der Waals surface area contributed by atoms with Crippen LogP contribution in [0.4, 0.5) is 0 Å². The van der Waals surface area contributed by atoms with Gasteiger partial charge in [0.25, 0.3) is 0 Å². The van der Waals surface area contributed by atoms with Crippen LogP contribution in [0.1, 0.15) is 52.9 Å². The van der Waals surface area contributed by atoms with Crippen molar-refractivity contribution in [2.24, 2.45) is 4.99 Å². The van der Waals surface area contributed by atoms with Gasteiger partial charge in [0.15, 0.2) is 5.96 Å². The number of likely N-dealkylation sites (N-methyl/N-ethyl adjacent to an activating group) is 1. The summed E-state index contributed by atoms with van der Waals surface area (Å²) in [5.41, 5.74) is -0.665. The van der Waals surface area contributed by atoms with Crippen LogP contribution in [-0.2, 0) is 0 Å². The highest BCUT2D eigenvalue weighted by molar-refractivity contribution is 5.79. The maximum atomic E-state index is 10.7. The van der Waals surface area contributed by atoms with Crippen LogP contribution in [0, 0.1) is 0 Å². The Morgan fingerprint density at radius 3 is 2.40 bits per heavy atom. The van der Waals surface area contributed by atoms with Crippen LogP contribution < -0.4 is 10.6 Å². The second kappa shape index (κ2) is 12.5. The monoisotopic (exact) mass is 355 g/mol. The molecular formula is C19H41N5O. The van der Waals surface area contributed by atoms with E-state index in [1.54, 1.807) is 0 Å². The topological polar surface area (TPSA) is 63.1 Å². The molecule has 1 saturated heterocycles. The van der Waals surface area contributed by atoms with Gasteiger partial charge in [-0.1, -0.05) is 26.7 Å². The summed E-state index contributed by atoms with van der Waals surface area (Å²) < 4.78 is 0. The van der Waals surface area contributed by atoms with E-state index < -0.39 is 5.60 Å². The summed E-state index contributed by atoms with van der Waals surface area (Å²) in [4.78, 5) is 9.58. The lowest BCUT2D eigenvalue weighted by atomic mass is 9.93. The number of aliphatic hydroxyl groups is 1. The van der Waals surface area contributed by atoms with E-state index in [2.05, 4.69) is 53.2 Å². The van der Waals surface area contributed by atoms with Crippen LogP contribution >= 0.6 is 0 Å². The normalized spacial score (nSPS) is 18.2. The lowest BCUT2D eigenvalue weighted by Crippen LogP contribution is -2.43. The van der Waals surface area contributed by atoms with E-state index in [0.717, 1.165) is 64.4 Å². The van der Waals surface area contributed by atoms with E-state index in [9.17, 15) is 5.11 Å². The summed E-state index contributed by atoms with van der Waals surface area (Å²) in [5, 5.41) is 17.5. The smallest absolute Gasteiger partial charge is 0.191 e. The number of rotatable bonds is 10. The maximum absolute atomic E-state index is 10.7. The highest BCUT2D eigenvalue weighted by atomic mass is 16.3. The van der Waals surface area contributed by atoms with E-state index >= 15 is 0 Å². The van der Waals surface area contributed by atoms with Gasteiger partial charge in [-0.2, -0.15) is 0 Å². The zero-order valence-corrected chi connectivity index (χ0v) is 17.0. The molecule has 0 aromatic carbocycles. The van der Waals surface area contributed by atoms with Gasteiger partial charge in [-0.15, -0.1) is 0 Å². The van der Waals surface area contributed by atoms with Gasteiger partial charge in [-0.05, 0) is 46.3 Å². The Kier molecular flexibility index (Phi) is 11.1. The Morgan fingerprint density at radius 2 is 1.76 bits per heavy atom. The predicted octanol–water partition coefficient (Wildman–Crippen LogP) is 1.51. The lowest BCUT2D eigenvalue weighted by Gasteiger charge is -2.26. The van der Waals surface area contributed by atoms with Crippen molar-refractivity contribution in [3.8, 4) is 0 Å². The number of aliphatic imine (C=N–C) groups is 1. The van der Waals surface area contributed by atoms with E-state index in [1.165, 1.54) is 19.5 Å². The van der Waals surface area contributed by atoms with Crippen LogP contribution in [-0.4, -0.2) is 85.9 Å². The first-order valence-corrected chi connectivity index (χ1v) is 10.2.